The molecule has 0 N–H and O–H groups in total. The number of fused-ring (bicyclic) bond motifs is 1. The predicted octanol–water partition coefficient (Wildman–Crippen LogP) is 4.03. The number of ketones is 1. The number of furan rings is 2. The fraction of sp³-hybridized carbons (Fsp3) is 0.0714. The molecule has 96 valence electrons. The van der Waals surface area contributed by atoms with Crippen LogP contribution in [0.2, 0.25) is 0 Å². The van der Waals surface area contributed by atoms with Gasteiger partial charge in [-0.25, -0.2) is 0 Å². The Morgan fingerprint density at radius 3 is 2.63 bits per heavy atom. The lowest BCUT2D eigenvalue weighted by molar-refractivity contribution is 0.0984. The molecule has 0 atom stereocenters. The Balaban J connectivity index is 2.03. The predicted molar refractivity (Wildman–Crippen MR) is 72.6 cm³/mol. The largest absolute Gasteiger partial charge is 0.497 e. The standard InChI is InChI=1S/C14H9BrO4/c1-17-9-3-2-8-6-12(18-11(8)7-9)14(16)10-4-5-13(15)19-10/h2-7H,1H3. The maximum atomic E-state index is 12.1. The lowest BCUT2D eigenvalue weighted by Crippen LogP contribution is -1.96. The maximum Gasteiger partial charge on any atom is 0.263 e. The molecule has 0 aliphatic rings. The molecular weight excluding hydrogens is 312 g/mol. The van der Waals surface area contributed by atoms with Crippen LogP contribution in [0.5, 0.6) is 5.75 Å². The molecule has 0 radical (unpaired) electrons. The Hall–Kier alpha value is -2.01. The van der Waals surface area contributed by atoms with Gasteiger partial charge >= 0.3 is 0 Å². The SMILES string of the molecule is COc1ccc2cc(C(=O)c3ccc(Br)o3)oc2c1. The first-order valence-corrected chi connectivity index (χ1v) is 6.34. The van der Waals surface area contributed by atoms with Crippen molar-refractivity contribution in [3.05, 3.63) is 52.6 Å². The highest BCUT2D eigenvalue weighted by Gasteiger charge is 2.18. The van der Waals surface area contributed by atoms with Crippen molar-refractivity contribution < 1.29 is 18.4 Å². The van der Waals surface area contributed by atoms with Crippen molar-refractivity contribution >= 4 is 32.7 Å². The van der Waals surface area contributed by atoms with Crippen LogP contribution in [0.1, 0.15) is 16.3 Å². The Morgan fingerprint density at radius 2 is 1.95 bits per heavy atom. The molecule has 3 rings (SSSR count). The summed E-state index contributed by atoms with van der Waals surface area (Å²) >= 11 is 3.16. The van der Waals surface area contributed by atoms with E-state index in [-0.39, 0.29) is 17.3 Å². The molecule has 5 heteroatoms. The van der Waals surface area contributed by atoms with Crippen molar-refractivity contribution in [2.75, 3.05) is 7.11 Å². The van der Waals surface area contributed by atoms with Crippen LogP contribution in [-0.2, 0) is 0 Å². The third-order valence-electron chi connectivity index (χ3n) is 2.75. The van der Waals surface area contributed by atoms with Gasteiger partial charge in [0, 0.05) is 11.5 Å². The number of carbonyl (C=O) groups is 1. The molecule has 0 amide bonds. The van der Waals surface area contributed by atoms with Crippen LogP contribution in [-0.4, -0.2) is 12.9 Å². The van der Waals surface area contributed by atoms with Gasteiger partial charge < -0.3 is 13.6 Å². The van der Waals surface area contributed by atoms with Gasteiger partial charge in [0.25, 0.3) is 5.78 Å². The second kappa shape index (κ2) is 4.59. The summed E-state index contributed by atoms with van der Waals surface area (Å²) in [5.41, 5.74) is 0.605. The maximum absolute atomic E-state index is 12.1. The highest BCUT2D eigenvalue weighted by atomic mass is 79.9. The van der Waals surface area contributed by atoms with Crippen LogP contribution < -0.4 is 4.74 Å². The zero-order chi connectivity index (χ0) is 13.4. The van der Waals surface area contributed by atoms with Gasteiger partial charge in [0.2, 0.25) is 0 Å². The molecule has 0 spiro atoms. The molecule has 0 unspecified atom stereocenters. The van der Waals surface area contributed by atoms with Crippen LogP contribution in [0.15, 0.2) is 49.9 Å². The van der Waals surface area contributed by atoms with E-state index in [9.17, 15) is 4.79 Å². The third-order valence-corrected chi connectivity index (χ3v) is 3.17. The summed E-state index contributed by atoms with van der Waals surface area (Å²) in [7, 11) is 1.58. The monoisotopic (exact) mass is 320 g/mol. The van der Waals surface area contributed by atoms with Crippen molar-refractivity contribution in [2.24, 2.45) is 0 Å². The van der Waals surface area contributed by atoms with Crippen LogP contribution in [0.25, 0.3) is 11.0 Å². The molecule has 2 heterocycles. The van der Waals surface area contributed by atoms with E-state index < -0.39 is 0 Å². The molecule has 0 fully saturated rings. The van der Waals surface area contributed by atoms with E-state index in [0.29, 0.717) is 16.0 Å². The van der Waals surface area contributed by atoms with Crippen LogP contribution in [0.4, 0.5) is 0 Å². The van der Waals surface area contributed by atoms with E-state index in [1.165, 1.54) is 0 Å². The third kappa shape index (κ3) is 2.17. The summed E-state index contributed by atoms with van der Waals surface area (Å²) in [4.78, 5) is 12.1. The van der Waals surface area contributed by atoms with Crippen LogP contribution >= 0.6 is 15.9 Å². The van der Waals surface area contributed by atoms with Crippen molar-refractivity contribution in [3.63, 3.8) is 0 Å². The second-order valence-corrected chi connectivity index (χ2v) is 4.73. The molecule has 0 aliphatic heterocycles. The van der Waals surface area contributed by atoms with Crippen LogP contribution in [0.3, 0.4) is 0 Å². The first-order chi connectivity index (χ1) is 9.17. The van der Waals surface area contributed by atoms with Crippen molar-refractivity contribution in [1.29, 1.82) is 0 Å². The fourth-order valence-electron chi connectivity index (χ4n) is 1.81. The van der Waals surface area contributed by atoms with Crippen molar-refractivity contribution in [2.45, 2.75) is 0 Å². The average Bonchev–Trinajstić information content (AvgIpc) is 3.02. The summed E-state index contributed by atoms with van der Waals surface area (Å²) < 4.78 is 16.4. The number of rotatable bonds is 3. The van der Waals surface area contributed by atoms with Crippen molar-refractivity contribution in [3.8, 4) is 5.75 Å². The Labute approximate surface area is 117 Å². The van der Waals surface area contributed by atoms with Crippen LogP contribution in [0, 0.1) is 0 Å². The molecular formula is C14H9BrO4. The normalized spacial score (nSPS) is 10.8. The van der Waals surface area contributed by atoms with E-state index >= 15 is 0 Å². The number of methoxy groups -OCH3 is 1. The molecule has 0 aliphatic carbocycles. The number of hydrogen-bond donors (Lipinski definition) is 0. The minimum atomic E-state index is -0.291. The fourth-order valence-corrected chi connectivity index (χ4v) is 2.11. The first kappa shape index (κ1) is 12.0. The van der Waals surface area contributed by atoms with Gasteiger partial charge in [-0.15, -0.1) is 0 Å². The van der Waals surface area contributed by atoms with Gasteiger partial charge in [-0.05, 0) is 46.3 Å². The molecule has 1 aromatic carbocycles. The smallest absolute Gasteiger partial charge is 0.263 e. The first-order valence-electron chi connectivity index (χ1n) is 5.55. The number of halogens is 1. The minimum Gasteiger partial charge on any atom is -0.497 e. The molecule has 0 saturated heterocycles. The van der Waals surface area contributed by atoms with E-state index in [0.717, 1.165) is 5.39 Å². The number of hydrogen-bond acceptors (Lipinski definition) is 4. The van der Waals surface area contributed by atoms with Crippen molar-refractivity contribution in [1.82, 2.24) is 0 Å². The van der Waals surface area contributed by atoms with Gasteiger partial charge in [-0.2, -0.15) is 0 Å². The van der Waals surface area contributed by atoms with Gasteiger partial charge in [0.05, 0.1) is 7.11 Å². The lowest BCUT2D eigenvalue weighted by atomic mass is 10.2. The van der Waals surface area contributed by atoms with E-state index in [2.05, 4.69) is 15.9 Å². The highest BCUT2D eigenvalue weighted by molar-refractivity contribution is 9.10. The van der Waals surface area contributed by atoms with E-state index in [1.54, 1.807) is 31.4 Å². The zero-order valence-electron chi connectivity index (χ0n) is 9.98. The Morgan fingerprint density at radius 1 is 1.11 bits per heavy atom. The number of ether oxygens (including phenoxy) is 1. The molecule has 4 nitrogen and oxygen atoms in total. The minimum absolute atomic E-state index is 0.234. The van der Waals surface area contributed by atoms with E-state index in [4.69, 9.17) is 13.6 Å². The molecule has 0 saturated carbocycles. The van der Waals surface area contributed by atoms with Gasteiger partial charge in [-0.1, -0.05) is 0 Å². The lowest BCUT2D eigenvalue weighted by Gasteiger charge is -1.96. The number of carbonyl (C=O) groups excluding carboxylic acids is 1. The number of benzene rings is 1. The molecule has 0 bridgehead atoms. The van der Waals surface area contributed by atoms with Gasteiger partial charge in [0.1, 0.15) is 11.3 Å². The molecule has 2 aromatic heterocycles. The van der Waals surface area contributed by atoms with Gasteiger partial charge in [-0.3, -0.25) is 4.79 Å². The Kier molecular flexibility index (Phi) is 2.91. The summed E-state index contributed by atoms with van der Waals surface area (Å²) in [5, 5.41) is 0.842. The quantitative estimate of drug-likeness (QED) is 0.684. The van der Waals surface area contributed by atoms with Gasteiger partial charge in [0.15, 0.2) is 16.2 Å². The molecule has 19 heavy (non-hydrogen) atoms. The summed E-state index contributed by atoms with van der Waals surface area (Å²) in [6.07, 6.45) is 0. The second-order valence-electron chi connectivity index (χ2n) is 3.95. The highest BCUT2D eigenvalue weighted by Crippen LogP contribution is 2.26. The van der Waals surface area contributed by atoms with E-state index in [1.807, 2.05) is 12.1 Å². The Bertz CT molecular complexity index is 754. The summed E-state index contributed by atoms with van der Waals surface area (Å²) in [6.45, 7) is 0. The molecule has 3 aromatic rings. The summed E-state index contributed by atoms with van der Waals surface area (Å²) in [6, 6.07) is 10.3. The summed E-state index contributed by atoms with van der Waals surface area (Å²) in [5.74, 6) is 0.866. The topological polar surface area (TPSA) is 52.6 Å². The zero-order valence-corrected chi connectivity index (χ0v) is 11.6. The average molecular weight is 321 g/mol.